The zero-order chi connectivity index (χ0) is 20.6. The first-order valence-corrected chi connectivity index (χ1v) is 10.5. The Balaban J connectivity index is 1.55. The molecule has 0 saturated carbocycles. The molecule has 2 unspecified atom stereocenters. The lowest BCUT2D eigenvalue weighted by Crippen LogP contribution is -2.34. The Morgan fingerprint density at radius 1 is 1.28 bits per heavy atom. The first-order chi connectivity index (χ1) is 14.0. The van der Waals surface area contributed by atoms with E-state index in [0.717, 1.165) is 31.2 Å². The lowest BCUT2D eigenvalue weighted by atomic mass is 10.0. The van der Waals surface area contributed by atoms with Gasteiger partial charge in [-0.2, -0.15) is 0 Å². The van der Waals surface area contributed by atoms with E-state index in [1.807, 2.05) is 24.3 Å². The minimum atomic E-state index is -0.588. The average molecular weight is 418 g/mol. The first kappa shape index (κ1) is 21.6. The molecule has 2 aromatic carbocycles. The van der Waals surface area contributed by atoms with E-state index in [9.17, 15) is 9.90 Å². The van der Waals surface area contributed by atoms with Crippen molar-refractivity contribution in [2.75, 3.05) is 19.8 Å². The fraction of sp³-hybridized carbons (Fsp3) is 0.435. The fourth-order valence-corrected chi connectivity index (χ4v) is 3.86. The molecule has 156 valence electrons. The van der Waals surface area contributed by atoms with Crippen LogP contribution < -0.4 is 10.1 Å². The maximum absolute atomic E-state index is 11.5. The molecular formula is C23H28ClNO4. The van der Waals surface area contributed by atoms with Gasteiger partial charge in [0.1, 0.15) is 5.75 Å². The number of rotatable bonds is 8. The van der Waals surface area contributed by atoms with Crippen molar-refractivity contribution in [3.05, 3.63) is 64.2 Å². The van der Waals surface area contributed by atoms with Crippen molar-refractivity contribution in [2.45, 2.75) is 44.8 Å². The van der Waals surface area contributed by atoms with Gasteiger partial charge in [0.25, 0.3) is 0 Å². The van der Waals surface area contributed by atoms with Gasteiger partial charge in [-0.3, -0.25) is 0 Å². The summed E-state index contributed by atoms with van der Waals surface area (Å²) in [4.78, 5) is 11.5. The van der Waals surface area contributed by atoms with Gasteiger partial charge >= 0.3 is 5.97 Å². The predicted molar refractivity (Wildman–Crippen MR) is 113 cm³/mol. The van der Waals surface area contributed by atoms with E-state index in [4.69, 9.17) is 21.1 Å². The molecule has 2 atom stereocenters. The van der Waals surface area contributed by atoms with Gasteiger partial charge in [0.2, 0.25) is 0 Å². The largest absolute Gasteiger partial charge is 0.482 e. The molecule has 0 saturated heterocycles. The molecule has 0 bridgehead atoms. The zero-order valence-electron chi connectivity index (χ0n) is 16.7. The van der Waals surface area contributed by atoms with Crippen LogP contribution in [0.3, 0.4) is 0 Å². The maximum atomic E-state index is 11.5. The van der Waals surface area contributed by atoms with E-state index >= 15 is 0 Å². The van der Waals surface area contributed by atoms with Crippen LogP contribution in [0.1, 0.15) is 42.6 Å². The van der Waals surface area contributed by atoms with Crippen LogP contribution in [0.2, 0.25) is 5.02 Å². The Bertz CT molecular complexity index is 826. The summed E-state index contributed by atoms with van der Waals surface area (Å²) < 4.78 is 10.5. The number of ether oxygens (including phenoxy) is 2. The molecule has 2 N–H and O–H groups in total. The molecule has 0 amide bonds. The molecule has 0 fully saturated rings. The number of carbonyl (C=O) groups is 1. The fourth-order valence-electron chi connectivity index (χ4n) is 3.66. The summed E-state index contributed by atoms with van der Waals surface area (Å²) in [7, 11) is 0. The Morgan fingerprint density at radius 3 is 2.93 bits per heavy atom. The van der Waals surface area contributed by atoms with Gasteiger partial charge in [-0.25, -0.2) is 4.79 Å². The van der Waals surface area contributed by atoms with Crippen LogP contribution in [0, 0.1) is 0 Å². The van der Waals surface area contributed by atoms with Crippen molar-refractivity contribution in [3.8, 4) is 5.75 Å². The maximum Gasteiger partial charge on any atom is 0.344 e. The quantitative estimate of drug-likeness (QED) is 0.504. The molecule has 1 aliphatic carbocycles. The molecule has 0 heterocycles. The molecule has 3 rings (SSSR count). The minimum Gasteiger partial charge on any atom is -0.482 e. The predicted octanol–water partition coefficient (Wildman–Crippen LogP) is 3.85. The Hall–Kier alpha value is -2.08. The number of aliphatic hydroxyl groups excluding tert-OH is 1. The minimum absolute atomic E-state index is 0.0712. The number of hydrogen-bond donors (Lipinski definition) is 2. The van der Waals surface area contributed by atoms with Crippen LogP contribution in [0.4, 0.5) is 0 Å². The Labute approximate surface area is 177 Å². The van der Waals surface area contributed by atoms with Crippen LogP contribution >= 0.6 is 11.6 Å². The number of esters is 1. The number of carbonyl (C=O) groups excluding carboxylic acids is 1. The van der Waals surface area contributed by atoms with Crippen molar-refractivity contribution in [2.24, 2.45) is 0 Å². The van der Waals surface area contributed by atoms with Crippen LogP contribution in [0.5, 0.6) is 5.75 Å². The third-order valence-electron chi connectivity index (χ3n) is 5.14. The number of nitrogens with one attached hydrogen (secondary N) is 1. The van der Waals surface area contributed by atoms with Gasteiger partial charge in [-0.15, -0.1) is 0 Å². The van der Waals surface area contributed by atoms with Gasteiger partial charge in [-0.1, -0.05) is 29.8 Å². The standard InChI is InChI=1S/C23H28ClNO4/c1-2-28-23(27)15-29-21-10-9-17-12-20(8-4-5-16(17)13-21)25-14-22(26)18-6-3-7-19(24)11-18/h3,6-7,9-11,13,20,22,25-26H,2,4-5,8,12,14-15H2,1H3. The van der Waals surface area contributed by atoms with E-state index in [1.165, 1.54) is 11.1 Å². The summed E-state index contributed by atoms with van der Waals surface area (Å²) in [5.74, 6) is 0.338. The first-order valence-electron chi connectivity index (χ1n) is 10.1. The van der Waals surface area contributed by atoms with Gasteiger partial charge in [0.15, 0.2) is 6.61 Å². The zero-order valence-corrected chi connectivity index (χ0v) is 17.5. The third-order valence-corrected chi connectivity index (χ3v) is 5.37. The lowest BCUT2D eigenvalue weighted by molar-refractivity contribution is -0.145. The van der Waals surface area contributed by atoms with Crippen molar-refractivity contribution < 1.29 is 19.4 Å². The topological polar surface area (TPSA) is 67.8 Å². The summed E-state index contributed by atoms with van der Waals surface area (Å²) in [5.41, 5.74) is 3.36. The SMILES string of the molecule is CCOC(=O)COc1ccc2c(c1)CCCC(NCC(O)c1cccc(Cl)c1)C2. The van der Waals surface area contributed by atoms with Crippen LogP contribution in [-0.2, 0) is 22.4 Å². The highest BCUT2D eigenvalue weighted by Crippen LogP contribution is 2.26. The van der Waals surface area contributed by atoms with Crippen LogP contribution in [-0.4, -0.2) is 36.9 Å². The highest BCUT2D eigenvalue weighted by atomic mass is 35.5. The van der Waals surface area contributed by atoms with Crippen molar-refractivity contribution in [1.29, 1.82) is 0 Å². The van der Waals surface area contributed by atoms with E-state index in [-0.39, 0.29) is 12.6 Å². The molecule has 6 heteroatoms. The smallest absolute Gasteiger partial charge is 0.344 e. The normalized spacial score (nSPS) is 17.1. The number of aliphatic hydroxyl groups is 1. The highest BCUT2D eigenvalue weighted by Gasteiger charge is 2.19. The van der Waals surface area contributed by atoms with Crippen molar-refractivity contribution >= 4 is 17.6 Å². The van der Waals surface area contributed by atoms with Crippen molar-refractivity contribution in [3.63, 3.8) is 0 Å². The van der Waals surface area contributed by atoms with E-state index in [0.29, 0.717) is 30.0 Å². The van der Waals surface area contributed by atoms with Crippen molar-refractivity contribution in [1.82, 2.24) is 5.32 Å². The van der Waals surface area contributed by atoms with Gasteiger partial charge in [-0.05, 0) is 73.6 Å². The van der Waals surface area contributed by atoms with E-state index in [2.05, 4.69) is 11.4 Å². The van der Waals surface area contributed by atoms with E-state index in [1.54, 1.807) is 19.1 Å². The highest BCUT2D eigenvalue weighted by molar-refractivity contribution is 6.30. The molecule has 0 spiro atoms. The summed E-state index contributed by atoms with van der Waals surface area (Å²) in [5, 5.41) is 14.6. The van der Waals surface area contributed by atoms with Crippen LogP contribution in [0.25, 0.3) is 0 Å². The second-order valence-electron chi connectivity index (χ2n) is 7.30. The average Bonchev–Trinajstić information content (AvgIpc) is 2.92. The Kier molecular flexibility index (Phi) is 7.92. The molecule has 0 aromatic heterocycles. The summed E-state index contributed by atoms with van der Waals surface area (Å²) >= 11 is 6.02. The molecule has 0 aliphatic heterocycles. The lowest BCUT2D eigenvalue weighted by Gasteiger charge is -2.20. The number of fused-ring (bicyclic) bond motifs is 1. The second-order valence-corrected chi connectivity index (χ2v) is 7.73. The van der Waals surface area contributed by atoms with Gasteiger partial charge < -0.3 is 19.9 Å². The molecular weight excluding hydrogens is 390 g/mol. The Morgan fingerprint density at radius 2 is 2.14 bits per heavy atom. The second kappa shape index (κ2) is 10.6. The summed E-state index contributed by atoms with van der Waals surface area (Å²) in [6.07, 6.45) is 3.38. The monoisotopic (exact) mass is 417 g/mol. The number of hydrogen-bond acceptors (Lipinski definition) is 5. The molecule has 2 aromatic rings. The van der Waals surface area contributed by atoms with E-state index < -0.39 is 6.10 Å². The molecule has 29 heavy (non-hydrogen) atoms. The summed E-state index contributed by atoms with van der Waals surface area (Å²) in [6, 6.07) is 13.6. The molecule has 1 aliphatic rings. The summed E-state index contributed by atoms with van der Waals surface area (Å²) in [6.45, 7) is 2.55. The van der Waals surface area contributed by atoms with Crippen LogP contribution in [0.15, 0.2) is 42.5 Å². The molecule has 5 nitrogen and oxygen atoms in total. The number of aryl methyl sites for hydroxylation is 1. The molecule has 0 radical (unpaired) electrons. The number of benzene rings is 2. The van der Waals surface area contributed by atoms with Gasteiger partial charge in [0, 0.05) is 17.6 Å². The number of halogens is 1. The third kappa shape index (κ3) is 6.46. The van der Waals surface area contributed by atoms with Gasteiger partial charge in [0.05, 0.1) is 12.7 Å².